The predicted molar refractivity (Wildman–Crippen MR) is 92.4 cm³/mol. The number of hydrogen-bond donors (Lipinski definition) is 2. The van der Waals surface area contributed by atoms with E-state index in [9.17, 15) is 13.2 Å². The zero-order valence-corrected chi connectivity index (χ0v) is 14.8. The number of carbonyl (C=O) groups is 1. The molecule has 1 aliphatic rings. The van der Waals surface area contributed by atoms with Crippen molar-refractivity contribution >= 4 is 15.9 Å². The number of hydrazine groups is 1. The number of benzene rings is 2. The number of ether oxygens (including phenoxy) is 3. The Labute approximate surface area is 151 Å². The summed E-state index contributed by atoms with van der Waals surface area (Å²) in [5.74, 6) is 0.857. The first-order chi connectivity index (χ1) is 12.5. The lowest BCUT2D eigenvalue weighted by molar-refractivity contribution is -0.130. The SMILES string of the molecule is CCOc1ccc(S(=O)(=O)NNC(=O)[C@@H]2COc3ccccc3O2)cc1. The van der Waals surface area contributed by atoms with Gasteiger partial charge in [0.1, 0.15) is 12.4 Å². The summed E-state index contributed by atoms with van der Waals surface area (Å²) >= 11 is 0. The molecular weight excluding hydrogens is 360 g/mol. The molecule has 8 nitrogen and oxygen atoms in total. The van der Waals surface area contributed by atoms with E-state index in [4.69, 9.17) is 14.2 Å². The highest BCUT2D eigenvalue weighted by molar-refractivity contribution is 7.89. The summed E-state index contributed by atoms with van der Waals surface area (Å²) in [6, 6.07) is 12.8. The molecule has 138 valence electrons. The largest absolute Gasteiger partial charge is 0.494 e. The number of amides is 1. The predicted octanol–water partition coefficient (Wildman–Crippen LogP) is 1.23. The Hall–Kier alpha value is -2.78. The van der Waals surface area contributed by atoms with Gasteiger partial charge in [-0.05, 0) is 43.3 Å². The summed E-state index contributed by atoms with van der Waals surface area (Å²) in [5.41, 5.74) is 2.15. The maximum Gasteiger partial charge on any atom is 0.279 e. The van der Waals surface area contributed by atoms with Crippen molar-refractivity contribution in [2.24, 2.45) is 0 Å². The molecule has 2 aromatic rings. The highest BCUT2D eigenvalue weighted by Crippen LogP contribution is 2.30. The van der Waals surface area contributed by atoms with Crippen LogP contribution >= 0.6 is 0 Å². The highest BCUT2D eigenvalue weighted by atomic mass is 32.2. The Morgan fingerprint density at radius 1 is 1.15 bits per heavy atom. The lowest BCUT2D eigenvalue weighted by atomic mass is 10.2. The van der Waals surface area contributed by atoms with E-state index >= 15 is 0 Å². The van der Waals surface area contributed by atoms with E-state index in [-0.39, 0.29) is 11.5 Å². The molecule has 0 aromatic heterocycles. The van der Waals surface area contributed by atoms with Gasteiger partial charge in [0.2, 0.25) is 6.10 Å². The number of carbonyl (C=O) groups excluding carboxylic acids is 1. The van der Waals surface area contributed by atoms with Gasteiger partial charge in [-0.25, -0.2) is 8.42 Å². The van der Waals surface area contributed by atoms with Crippen LogP contribution in [-0.2, 0) is 14.8 Å². The summed E-state index contributed by atoms with van der Waals surface area (Å²) in [5, 5.41) is 0. The zero-order chi connectivity index (χ0) is 18.6. The second kappa shape index (κ2) is 7.63. The van der Waals surface area contributed by atoms with E-state index in [1.54, 1.807) is 24.3 Å². The fourth-order valence-corrected chi connectivity index (χ4v) is 3.13. The van der Waals surface area contributed by atoms with E-state index in [2.05, 4.69) is 5.43 Å². The van der Waals surface area contributed by atoms with Crippen molar-refractivity contribution < 1.29 is 27.4 Å². The maximum absolute atomic E-state index is 12.2. The molecular formula is C17H18N2O6S. The molecule has 1 aliphatic heterocycles. The van der Waals surface area contributed by atoms with Gasteiger partial charge in [-0.2, -0.15) is 0 Å². The summed E-state index contributed by atoms with van der Waals surface area (Å²) in [7, 11) is -3.92. The first kappa shape index (κ1) is 18.0. The van der Waals surface area contributed by atoms with Crippen molar-refractivity contribution in [2.75, 3.05) is 13.2 Å². The third kappa shape index (κ3) is 4.06. The molecule has 0 saturated heterocycles. The zero-order valence-electron chi connectivity index (χ0n) is 14.0. The van der Waals surface area contributed by atoms with E-state index in [0.29, 0.717) is 23.9 Å². The van der Waals surface area contributed by atoms with Gasteiger partial charge in [0.25, 0.3) is 15.9 Å². The van der Waals surface area contributed by atoms with Crippen molar-refractivity contribution in [2.45, 2.75) is 17.9 Å². The van der Waals surface area contributed by atoms with Gasteiger partial charge in [0.15, 0.2) is 11.5 Å². The van der Waals surface area contributed by atoms with Crippen LogP contribution in [0.25, 0.3) is 0 Å². The molecule has 2 N–H and O–H groups in total. The molecule has 1 amide bonds. The summed E-state index contributed by atoms with van der Waals surface area (Å²) in [6.45, 7) is 2.29. The van der Waals surface area contributed by atoms with Crippen LogP contribution in [0.3, 0.4) is 0 Å². The molecule has 1 atom stereocenters. The van der Waals surface area contributed by atoms with Gasteiger partial charge < -0.3 is 14.2 Å². The lowest BCUT2D eigenvalue weighted by Gasteiger charge is -2.25. The van der Waals surface area contributed by atoms with Crippen molar-refractivity contribution in [3.8, 4) is 17.2 Å². The standard InChI is InChI=1S/C17H18N2O6S/c1-2-23-12-7-9-13(10-8-12)26(21,22)19-18-17(20)16-11-24-14-5-3-4-6-15(14)25-16/h3-10,16,19H,2,11H2,1H3,(H,18,20)/t16-/m0/s1. The lowest BCUT2D eigenvalue weighted by Crippen LogP contribution is -2.50. The Morgan fingerprint density at radius 3 is 2.54 bits per heavy atom. The quantitative estimate of drug-likeness (QED) is 0.733. The minimum Gasteiger partial charge on any atom is -0.494 e. The summed E-state index contributed by atoms with van der Waals surface area (Å²) < 4.78 is 40.7. The fourth-order valence-electron chi connectivity index (χ4n) is 2.29. The molecule has 3 rings (SSSR count). The van der Waals surface area contributed by atoms with E-state index in [0.717, 1.165) is 0 Å². The number of para-hydroxylation sites is 2. The number of fused-ring (bicyclic) bond motifs is 1. The minimum absolute atomic E-state index is 0.00703. The van der Waals surface area contributed by atoms with Crippen molar-refractivity contribution in [1.82, 2.24) is 10.3 Å². The van der Waals surface area contributed by atoms with Crippen molar-refractivity contribution in [1.29, 1.82) is 0 Å². The van der Waals surface area contributed by atoms with E-state index < -0.39 is 22.0 Å². The fraction of sp³-hybridized carbons (Fsp3) is 0.235. The Morgan fingerprint density at radius 2 is 1.85 bits per heavy atom. The molecule has 0 saturated carbocycles. The number of hydrogen-bond acceptors (Lipinski definition) is 6. The number of nitrogens with one attached hydrogen (secondary N) is 2. The van der Waals surface area contributed by atoms with Gasteiger partial charge in [-0.1, -0.05) is 12.1 Å². The van der Waals surface area contributed by atoms with Gasteiger partial charge >= 0.3 is 0 Å². The molecule has 9 heteroatoms. The Balaban J connectivity index is 1.60. The molecule has 0 aliphatic carbocycles. The summed E-state index contributed by atoms with van der Waals surface area (Å²) in [4.78, 5) is 14.2. The molecule has 0 spiro atoms. The molecule has 2 aromatic carbocycles. The van der Waals surface area contributed by atoms with E-state index in [1.165, 1.54) is 24.3 Å². The third-order valence-electron chi connectivity index (χ3n) is 3.55. The molecule has 0 unspecified atom stereocenters. The Bertz CT molecular complexity index is 882. The molecule has 0 bridgehead atoms. The topological polar surface area (TPSA) is 103 Å². The normalized spacial score (nSPS) is 16.0. The van der Waals surface area contributed by atoms with Gasteiger partial charge in [-0.3, -0.25) is 10.2 Å². The third-order valence-corrected chi connectivity index (χ3v) is 4.82. The maximum atomic E-state index is 12.2. The smallest absolute Gasteiger partial charge is 0.279 e. The van der Waals surface area contributed by atoms with Crippen LogP contribution < -0.4 is 24.5 Å². The second-order valence-corrected chi connectivity index (χ2v) is 7.05. The van der Waals surface area contributed by atoms with E-state index in [1.807, 2.05) is 11.8 Å². The average molecular weight is 378 g/mol. The van der Waals surface area contributed by atoms with Crippen LogP contribution in [-0.4, -0.2) is 33.6 Å². The van der Waals surface area contributed by atoms with Crippen molar-refractivity contribution in [3.63, 3.8) is 0 Å². The average Bonchev–Trinajstić information content (AvgIpc) is 2.66. The molecule has 1 heterocycles. The van der Waals surface area contributed by atoms with Crippen LogP contribution in [0.15, 0.2) is 53.4 Å². The van der Waals surface area contributed by atoms with Crippen LogP contribution in [0.4, 0.5) is 0 Å². The van der Waals surface area contributed by atoms with Gasteiger partial charge in [-0.15, -0.1) is 4.83 Å². The number of sulfonamides is 1. The van der Waals surface area contributed by atoms with Crippen LogP contribution in [0.2, 0.25) is 0 Å². The van der Waals surface area contributed by atoms with Crippen LogP contribution in [0.5, 0.6) is 17.2 Å². The van der Waals surface area contributed by atoms with Crippen LogP contribution in [0, 0.1) is 0 Å². The molecule has 0 fully saturated rings. The molecule has 26 heavy (non-hydrogen) atoms. The highest BCUT2D eigenvalue weighted by Gasteiger charge is 2.28. The van der Waals surface area contributed by atoms with Gasteiger partial charge in [0, 0.05) is 0 Å². The summed E-state index contributed by atoms with van der Waals surface area (Å²) in [6.07, 6.45) is -0.965. The monoisotopic (exact) mass is 378 g/mol. The minimum atomic E-state index is -3.92. The van der Waals surface area contributed by atoms with Crippen LogP contribution in [0.1, 0.15) is 6.92 Å². The van der Waals surface area contributed by atoms with Gasteiger partial charge in [0.05, 0.1) is 11.5 Å². The Kier molecular flexibility index (Phi) is 5.29. The first-order valence-corrected chi connectivity index (χ1v) is 9.41. The second-order valence-electron chi connectivity index (χ2n) is 5.36. The van der Waals surface area contributed by atoms with Crippen molar-refractivity contribution in [3.05, 3.63) is 48.5 Å². The molecule has 0 radical (unpaired) electrons. The first-order valence-electron chi connectivity index (χ1n) is 7.92. The number of rotatable bonds is 6.